The van der Waals surface area contributed by atoms with Crippen molar-refractivity contribution in [3.8, 4) is 16.9 Å². The first-order valence-corrected chi connectivity index (χ1v) is 9.75. The minimum atomic E-state index is -0.259. The fraction of sp³-hybridized carbons (Fsp3) is 0.250. The Kier molecular flexibility index (Phi) is 5.30. The highest BCUT2D eigenvalue weighted by Gasteiger charge is 2.32. The monoisotopic (exact) mass is 390 g/mol. The normalized spacial score (nSPS) is 16.1. The first kappa shape index (κ1) is 19.1. The van der Waals surface area contributed by atoms with Crippen molar-refractivity contribution in [1.29, 1.82) is 0 Å². The molecule has 0 saturated carbocycles. The van der Waals surface area contributed by atoms with E-state index in [0.29, 0.717) is 17.9 Å². The van der Waals surface area contributed by atoms with Gasteiger partial charge in [-0.1, -0.05) is 18.2 Å². The maximum atomic E-state index is 13.3. The number of carbonyl (C=O) groups is 1. The van der Waals surface area contributed by atoms with Gasteiger partial charge in [0.1, 0.15) is 11.6 Å². The Balaban J connectivity index is 1.66. The Bertz CT molecular complexity index is 1030. The first-order valence-electron chi connectivity index (χ1n) is 9.75. The Labute approximate surface area is 170 Å². The van der Waals surface area contributed by atoms with Crippen molar-refractivity contribution in [3.05, 3.63) is 83.4 Å². The van der Waals surface area contributed by atoms with Crippen LogP contribution in [0.4, 0.5) is 4.39 Å². The SMILES string of the molecule is COc1cccc(C(=O)N2CCC[C@H]2c2cc(-c3ccc(F)cc3)cc(C)n2)c1. The number of halogens is 1. The van der Waals surface area contributed by atoms with Crippen molar-refractivity contribution in [2.45, 2.75) is 25.8 Å². The number of likely N-dealkylation sites (tertiary alicyclic amines) is 1. The Hall–Kier alpha value is -3.21. The molecule has 2 aromatic carbocycles. The van der Waals surface area contributed by atoms with Crippen LogP contribution in [0.15, 0.2) is 60.7 Å². The molecule has 0 radical (unpaired) electrons. The van der Waals surface area contributed by atoms with E-state index in [9.17, 15) is 9.18 Å². The van der Waals surface area contributed by atoms with Gasteiger partial charge in [0.2, 0.25) is 0 Å². The number of benzene rings is 2. The molecule has 1 atom stereocenters. The molecule has 0 spiro atoms. The van der Waals surface area contributed by atoms with Gasteiger partial charge in [0.15, 0.2) is 0 Å². The van der Waals surface area contributed by atoms with E-state index in [1.54, 1.807) is 25.3 Å². The van der Waals surface area contributed by atoms with Crippen molar-refractivity contribution in [3.63, 3.8) is 0 Å². The van der Waals surface area contributed by atoms with Crippen LogP contribution in [0.3, 0.4) is 0 Å². The maximum absolute atomic E-state index is 13.3. The lowest BCUT2D eigenvalue weighted by Crippen LogP contribution is -2.31. The molecule has 5 heteroatoms. The molecule has 0 bridgehead atoms. The number of ether oxygens (including phenoxy) is 1. The van der Waals surface area contributed by atoms with Gasteiger partial charge in [0, 0.05) is 17.8 Å². The molecule has 1 aromatic heterocycles. The predicted octanol–water partition coefficient (Wildman–Crippen LogP) is 5.18. The largest absolute Gasteiger partial charge is 0.497 e. The van der Waals surface area contributed by atoms with Crippen LogP contribution in [-0.4, -0.2) is 29.4 Å². The minimum Gasteiger partial charge on any atom is -0.497 e. The number of carbonyl (C=O) groups excluding carboxylic acids is 1. The van der Waals surface area contributed by atoms with Crippen molar-refractivity contribution >= 4 is 5.91 Å². The number of hydrogen-bond acceptors (Lipinski definition) is 3. The third kappa shape index (κ3) is 3.99. The number of amides is 1. The summed E-state index contributed by atoms with van der Waals surface area (Å²) in [6.45, 7) is 2.64. The van der Waals surface area contributed by atoms with Crippen LogP contribution in [0.2, 0.25) is 0 Å². The second kappa shape index (κ2) is 8.03. The van der Waals surface area contributed by atoms with Crippen LogP contribution in [0.25, 0.3) is 11.1 Å². The highest BCUT2D eigenvalue weighted by Crippen LogP contribution is 2.34. The molecule has 1 aliphatic rings. The van der Waals surface area contributed by atoms with Gasteiger partial charge in [-0.15, -0.1) is 0 Å². The standard InChI is InChI=1S/C24H23FN2O2/c1-16-13-19(17-8-10-20(25)11-9-17)15-22(26-16)23-7-4-12-27(23)24(28)18-5-3-6-21(14-18)29-2/h3,5-6,8-11,13-15,23H,4,7,12H2,1-2H3/t23-/m0/s1. The summed E-state index contributed by atoms with van der Waals surface area (Å²) in [5, 5.41) is 0. The van der Waals surface area contributed by atoms with E-state index in [2.05, 4.69) is 0 Å². The van der Waals surface area contributed by atoms with Gasteiger partial charge in [0.05, 0.1) is 18.8 Å². The summed E-state index contributed by atoms with van der Waals surface area (Å²) in [7, 11) is 1.59. The quantitative estimate of drug-likeness (QED) is 0.616. The molecule has 1 amide bonds. The molecule has 4 nitrogen and oxygen atoms in total. The molecule has 29 heavy (non-hydrogen) atoms. The highest BCUT2D eigenvalue weighted by molar-refractivity contribution is 5.95. The van der Waals surface area contributed by atoms with Gasteiger partial charge in [-0.05, 0) is 73.4 Å². The van der Waals surface area contributed by atoms with Crippen LogP contribution >= 0.6 is 0 Å². The number of hydrogen-bond donors (Lipinski definition) is 0. The van der Waals surface area contributed by atoms with E-state index < -0.39 is 0 Å². The molecule has 0 unspecified atom stereocenters. The first-order chi connectivity index (χ1) is 14.0. The summed E-state index contributed by atoms with van der Waals surface area (Å²) < 4.78 is 18.6. The fourth-order valence-electron chi connectivity index (χ4n) is 3.91. The zero-order valence-electron chi connectivity index (χ0n) is 16.6. The number of aromatic nitrogens is 1. The van der Waals surface area contributed by atoms with E-state index in [0.717, 1.165) is 35.4 Å². The summed E-state index contributed by atoms with van der Waals surface area (Å²) in [5.41, 5.74) is 4.28. The Morgan fingerprint density at radius 3 is 2.66 bits per heavy atom. The van der Waals surface area contributed by atoms with Crippen LogP contribution in [0, 0.1) is 12.7 Å². The lowest BCUT2D eigenvalue weighted by Gasteiger charge is -2.25. The average molecular weight is 390 g/mol. The van der Waals surface area contributed by atoms with Gasteiger partial charge in [0.25, 0.3) is 5.91 Å². The van der Waals surface area contributed by atoms with Crippen LogP contribution in [0.1, 0.15) is 40.6 Å². The van der Waals surface area contributed by atoms with Crippen LogP contribution in [-0.2, 0) is 0 Å². The Morgan fingerprint density at radius 2 is 1.90 bits per heavy atom. The van der Waals surface area contributed by atoms with Gasteiger partial charge in [-0.3, -0.25) is 9.78 Å². The molecular weight excluding hydrogens is 367 g/mol. The van der Waals surface area contributed by atoms with Crippen molar-refractivity contribution < 1.29 is 13.9 Å². The topological polar surface area (TPSA) is 42.4 Å². The summed E-state index contributed by atoms with van der Waals surface area (Å²) >= 11 is 0. The van der Waals surface area contributed by atoms with Crippen LogP contribution < -0.4 is 4.74 Å². The Morgan fingerprint density at radius 1 is 1.10 bits per heavy atom. The molecule has 148 valence electrons. The van der Waals surface area contributed by atoms with E-state index in [4.69, 9.17) is 9.72 Å². The number of pyridine rings is 1. The lowest BCUT2D eigenvalue weighted by molar-refractivity contribution is 0.0732. The number of aryl methyl sites for hydroxylation is 1. The van der Waals surface area contributed by atoms with E-state index >= 15 is 0 Å². The molecule has 2 heterocycles. The fourth-order valence-corrected chi connectivity index (χ4v) is 3.91. The minimum absolute atomic E-state index is 0.0157. The van der Waals surface area contributed by atoms with Gasteiger partial charge in [-0.2, -0.15) is 0 Å². The summed E-state index contributed by atoms with van der Waals surface area (Å²) in [6, 6.07) is 17.6. The second-order valence-electron chi connectivity index (χ2n) is 7.32. The van der Waals surface area contributed by atoms with Crippen molar-refractivity contribution in [2.75, 3.05) is 13.7 Å². The van der Waals surface area contributed by atoms with Crippen molar-refractivity contribution in [1.82, 2.24) is 9.88 Å². The van der Waals surface area contributed by atoms with Gasteiger partial charge >= 0.3 is 0 Å². The van der Waals surface area contributed by atoms with Gasteiger partial charge < -0.3 is 9.64 Å². The zero-order valence-corrected chi connectivity index (χ0v) is 16.6. The lowest BCUT2D eigenvalue weighted by atomic mass is 10.0. The molecular formula is C24H23FN2O2. The van der Waals surface area contributed by atoms with E-state index in [1.807, 2.05) is 42.2 Å². The average Bonchev–Trinajstić information content (AvgIpc) is 3.23. The molecule has 1 aliphatic heterocycles. The molecule has 1 fully saturated rings. The predicted molar refractivity (Wildman–Crippen MR) is 110 cm³/mol. The number of nitrogens with zero attached hydrogens (tertiary/aromatic N) is 2. The van der Waals surface area contributed by atoms with E-state index in [1.165, 1.54) is 12.1 Å². The molecule has 1 saturated heterocycles. The summed E-state index contributed by atoms with van der Waals surface area (Å²) in [6.07, 6.45) is 1.80. The summed E-state index contributed by atoms with van der Waals surface area (Å²) in [5.74, 6) is 0.391. The van der Waals surface area contributed by atoms with E-state index in [-0.39, 0.29) is 17.8 Å². The molecule has 0 aliphatic carbocycles. The van der Waals surface area contributed by atoms with Crippen molar-refractivity contribution in [2.24, 2.45) is 0 Å². The number of rotatable bonds is 4. The zero-order chi connectivity index (χ0) is 20.4. The molecule has 4 rings (SSSR count). The highest BCUT2D eigenvalue weighted by atomic mass is 19.1. The smallest absolute Gasteiger partial charge is 0.254 e. The number of methoxy groups -OCH3 is 1. The van der Waals surface area contributed by atoms with Gasteiger partial charge in [-0.25, -0.2) is 4.39 Å². The second-order valence-corrected chi connectivity index (χ2v) is 7.32. The third-order valence-electron chi connectivity index (χ3n) is 5.32. The molecule has 0 N–H and O–H groups in total. The van der Waals surface area contributed by atoms with Crippen LogP contribution in [0.5, 0.6) is 5.75 Å². The summed E-state index contributed by atoms with van der Waals surface area (Å²) in [4.78, 5) is 19.8. The third-order valence-corrected chi connectivity index (χ3v) is 5.32. The molecule has 3 aromatic rings. The maximum Gasteiger partial charge on any atom is 0.254 e.